The fourth-order valence-electron chi connectivity index (χ4n) is 3.48. The number of nitrogens with one attached hydrogen (secondary N) is 1. The maximum Gasteiger partial charge on any atom is 0.273 e. The number of amides is 1. The number of carbonyl (C=O) groups is 1. The minimum Gasteiger partial charge on any atom is -0.351 e. The Hall–Kier alpha value is -3.33. The lowest BCUT2D eigenvalue weighted by molar-refractivity contribution is 0.0945. The van der Waals surface area contributed by atoms with Gasteiger partial charge in [0.2, 0.25) is 5.95 Å². The summed E-state index contributed by atoms with van der Waals surface area (Å²) in [6, 6.07) is 11.4. The van der Waals surface area contributed by atoms with Crippen LogP contribution in [0, 0.1) is 6.92 Å². The molecule has 0 saturated carbocycles. The van der Waals surface area contributed by atoms with Crippen molar-refractivity contribution in [3.63, 3.8) is 0 Å². The molecule has 9 heteroatoms. The van der Waals surface area contributed by atoms with E-state index < -0.39 is 0 Å². The van der Waals surface area contributed by atoms with Crippen molar-refractivity contribution in [3.05, 3.63) is 60.2 Å². The summed E-state index contributed by atoms with van der Waals surface area (Å²) in [7, 11) is 0. The molecule has 1 aromatic carbocycles. The Morgan fingerprint density at radius 1 is 1.00 bits per heavy atom. The zero-order valence-corrected chi connectivity index (χ0v) is 17.1. The van der Waals surface area contributed by atoms with Gasteiger partial charge in [-0.05, 0) is 38.1 Å². The monoisotopic (exact) mass is 406 g/mol. The Balaban J connectivity index is 1.20. The number of rotatable bonds is 7. The molecule has 1 N–H and O–H groups in total. The Morgan fingerprint density at radius 3 is 2.47 bits per heavy atom. The van der Waals surface area contributed by atoms with E-state index in [0.29, 0.717) is 17.9 Å². The van der Waals surface area contributed by atoms with Gasteiger partial charge in [-0.1, -0.05) is 18.2 Å². The minimum atomic E-state index is -0.180. The van der Waals surface area contributed by atoms with E-state index in [9.17, 15) is 4.79 Å². The van der Waals surface area contributed by atoms with Crippen molar-refractivity contribution < 1.29 is 4.79 Å². The van der Waals surface area contributed by atoms with Gasteiger partial charge in [-0.2, -0.15) is 9.90 Å². The number of para-hydroxylation sites is 1. The molecule has 0 aliphatic carbocycles. The molecule has 0 atom stereocenters. The lowest BCUT2D eigenvalue weighted by Crippen LogP contribution is -2.47. The van der Waals surface area contributed by atoms with E-state index in [0.717, 1.165) is 50.8 Å². The van der Waals surface area contributed by atoms with Gasteiger partial charge in [-0.3, -0.25) is 9.69 Å². The summed E-state index contributed by atoms with van der Waals surface area (Å²) in [6.07, 6.45) is 4.44. The van der Waals surface area contributed by atoms with Crippen LogP contribution in [0.15, 0.2) is 48.8 Å². The first kappa shape index (κ1) is 20.0. The summed E-state index contributed by atoms with van der Waals surface area (Å²) >= 11 is 0. The van der Waals surface area contributed by atoms with Crippen LogP contribution in [0.25, 0.3) is 5.69 Å². The van der Waals surface area contributed by atoms with Gasteiger partial charge in [0.05, 0.1) is 11.4 Å². The molecule has 0 spiro atoms. The number of hydrogen-bond acceptors (Lipinski definition) is 7. The molecule has 0 unspecified atom stereocenters. The third-order valence-corrected chi connectivity index (χ3v) is 5.13. The number of anilines is 1. The summed E-state index contributed by atoms with van der Waals surface area (Å²) < 4.78 is 0. The largest absolute Gasteiger partial charge is 0.351 e. The van der Waals surface area contributed by atoms with Crippen LogP contribution in [0.1, 0.15) is 22.6 Å². The van der Waals surface area contributed by atoms with E-state index in [2.05, 4.69) is 35.3 Å². The first-order valence-electron chi connectivity index (χ1n) is 10.2. The topological polar surface area (TPSA) is 92.1 Å². The second kappa shape index (κ2) is 9.45. The van der Waals surface area contributed by atoms with Crippen LogP contribution in [0.5, 0.6) is 0 Å². The Morgan fingerprint density at radius 2 is 1.73 bits per heavy atom. The van der Waals surface area contributed by atoms with Gasteiger partial charge in [-0.25, -0.2) is 9.97 Å². The fourth-order valence-corrected chi connectivity index (χ4v) is 3.48. The zero-order chi connectivity index (χ0) is 20.8. The molecular formula is C21H26N8O. The lowest BCUT2D eigenvalue weighted by atomic mass is 10.3. The van der Waals surface area contributed by atoms with E-state index in [-0.39, 0.29) is 5.91 Å². The molecule has 156 valence electrons. The van der Waals surface area contributed by atoms with E-state index in [1.54, 1.807) is 19.3 Å². The molecular weight excluding hydrogens is 380 g/mol. The number of aromatic nitrogens is 5. The van der Waals surface area contributed by atoms with E-state index in [4.69, 9.17) is 0 Å². The number of piperazine rings is 1. The third kappa shape index (κ3) is 4.80. The summed E-state index contributed by atoms with van der Waals surface area (Å²) in [5.41, 5.74) is 1.82. The molecule has 3 aromatic rings. The Bertz CT molecular complexity index is 952. The summed E-state index contributed by atoms with van der Waals surface area (Å²) in [6.45, 7) is 7.12. The molecule has 1 fully saturated rings. The van der Waals surface area contributed by atoms with Gasteiger partial charge in [0.25, 0.3) is 5.91 Å². The number of aryl methyl sites for hydroxylation is 1. The Labute approximate surface area is 175 Å². The standard InChI is InChI=1S/C21H26N8O/c1-17-19(26-29(25-17)18-7-3-2-4-8-18)20(30)22-11-6-12-27-13-15-28(16-14-27)21-23-9-5-10-24-21/h2-5,7-10H,6,11-16H2,1H3,(H,22,30). The van der Waals surface area contributed by atoms with Crippen LogP contribution >= 0.6 is 0 Å². The van der Waals surface area contributed by atoms with E-state index in [1.807, 2.05) is 36.4 Å². The number of carbonyl (C=O) groups excluding carboxylic acids is 1. The van der Waals surface area contributed by atoms with Crippen LogP contribution in [0.4, 0.5) is 5.95 Å². The quantitative estimate of drug-likeness (QED) is 0.592. The Kier molecular flexibility index (Phi) is 6.29. The van der Waals surface area contributed by atoms with Gasteiger partial charge >= 0.3 is 0 Å². The number of nitrogens with zero attached hydrogens (tertiary/aromatic N) is 7. The average molecular weight is 406 g/mol. The summed E-state index contributed by atoms with van der Waals surface area (Å²) in [5.74, 6) is 0.615. The number of benzene rings is 1. The van der Waals surface area contributed by atoms with E-state index >= 15 is 0 Å². The van der Waals surface area contributed by atoms with Gasteiger partial charge in [-0.15, -0.1) is 5.10 Å². The highest BCUT2D eigenvalue weighted by Gasteiger charge is 2.19. The molecule has 9 nitrogen and oxygen atoms in total. The molecule has 1 aliphatic heterocycles. The zero-order valence-electron chi connectivity index (χ0n) is 17.1. The molecule has 1 aliphatic rings. The second-order valence-corrected chi connectivity index (χ2v) is 7.25. The van der Waals surface area contributed by atoms with Gasteiger partial charge in [0.1, 0.15) is 0 Å². The first-order chi connectivity index (χ1) is 14.7. The second-order valence-electron chi connectivity index (χ2n) is 7.25. The van der Waals surface area contributed by atoms with Crippen molar-refractivity contribution in [2.45, 2.75) is 13.3 Å². The van der Waals surface area contributed by atoms with Crippen molar-refractivity contribution in [2.24, 2.45) is 0 Å². The molecule has 0 radical (unpaired) electrons. The maximum atomic E-state index is 12.5. The highest BCUT2D eigenvalue weighted by Crippen LogP contribution is 2.10. The molecule has 0 bridgehead atoms. The predicted molar refractivity (Wildman–Crippen MR) is 114 cm³/mol. The third-order valence-electron chi connectivity index (χ3n) is 5.13. The maximum absolute atomic E-state index is 12.5. The van der Waals surface area contributed by atoms with Crippen molar-refractivity contribution in [2.75, 3.05) is 44.2 Å². The van der Waals surface area contributed by atoms with E-state index in [1.165, 1.54) is 4.80 Å². The molecule has 2 aromatic heterocycles. The first-order valence-corrected chi connectivity index (χ1v) is 10.2. The summed E-state index contributed by atoms with van der Waals surface area (Å²) in [4.78, 5) is 27.2. The van der Waals surface area contributed by atoms with Crippen molar-refractivity contribution in [1.29, 1.82) is 0 Å². The van der Waals surface area contributed by atoms with Crippen LogP contribution in [-0.4, -0.2) is 75.0 Å². The van der Waals surface area contributed by atoms with Gasteiger partial charge in [0, 0.05) is 45.1 Å². The van der Waals surface area contributed by atoms with Crippen molar-refractivity contribution in [3.8, 4) is 5.69 Å². The van der Waals surface area contributed by atoms with Gasteiger partial charge < -0.3 is 10.2 Å². The molecule has 1 amide bonds. The van der Waals surface area contributed by atoms with Crippen molar-refractivity contribution in [1.82, 2.24) is 35.2 Å². The molecule has 3 heterocycles. The smallest absolute Gasteiger partial charge is 0.273 e. The van der Waals surface area contributed by atoms with Crippen LogP contribution in [-0.2, 0) is 0 Å². The fraction of sp³-hybridized carbons (Fsp3) is 0.381. The van der Waals surface area contributed by atoms with Crippen LogP contribution < -0.4 is 10.2 Å². The molecule has 1 saturated heterocycles. The number of hydrogen-bond donors (Lipinski definition) is 1. The molecule has 4 rings (SSSR count). The normalized spacial score (nSPS) is 14.6. The summed E-state index contributed by atoms with van der Waals surface area (Å²) in [5, 5.41) is 11.7. The van der Waals surface area contributed by atoms with Gasteiger partial charge in [0.15, 0.2) is 5.69 Å². The minimum absolute atomic E-state index is 0.180. The average Bonchev–Trinajstić information content (AvgIpc) is 3.20. The highest BCUT2D eigenvalue weighted by molar-refractivity contribution is 5.93. The predicted octanol–water partition coefficient (Wildman–Crippen LogP) is 1.31. The highest BCUT2D eigenvalue weighted by atomic mass is 16.2. The van der Waals surface area contributed by atoms with Crippen LogP contribution in [0.2, 0.25) is 0 Å². The SMILES string of the molecule is Cc1nn(-c2ccccc2)nc1C(=O)NCCCN1CCN(c2ncccn2)CC1. The molecule has 30 heavy (non-hydrogen) atoms. The van der Waals surface area contributed by atoms with Crippen LogP contribution in [0.3, 0.4) is 0 Å². The lowest BCUT2D eigenvalue weighted by Gasteiger charge is -2.34. The van der Waals surface area contributed by atoms with Crippen molar-refractivity contribution >= 4 is 11.9 Å².